The van der Waals surface area contributed by atoms with Gasteiger partial charge in [-0.1, -0.05) is 19.8 Å². The first kappa shape index (κ1) is 15.7. The lowest BCUT2D eigenvalue weighted by Crippen LogP contribution is -2.24. The van der Waals surface area contributed by atoms with Crippen molar-refractivity contribution in [3.8, 4) is 0 Å². The van der Waals surface area contributed by atoms with E-state index in [1.54, 1.807) is 0 Å². The number of rotatable bonds is 4. The monoisotopic (exact) mass is 301 g/mol. The number of benzene rings is 1. The van der Waals surface area contributed by atoms with Crippen molar-refractivity contribution >= 4 is 11.7 Å². The Morgan fingerprint density at radius 3 is 2.48 bits per heavy atom. The van der Waals surface area contributed by atoms with Gasteiger partial charge in [0.05, 0.1) is 11.1 Å². The molecule has 1 aromatic rings. The molecular formula is C15H18F3NO2. The summed E-state index contributed by atoms with van der Waals surface area (Å²) in [6.45, 7) is 2.68. The summed E-state index contributed by atoms with van der Waals surface area (Å²) in [5.74, 6) is -1.36. The van der Waals surface area contributed by atoms with Crippen molar-refractivity contribution < 1.29 is 23.1 Å². The molecule has 6 heteroatoms. The number of carbonyl (C=O) groups is 1. The van der Waals surface area contributed by atoms with Crippen LogP contribution < -0.4 is 5.32 Å². The van der Waals surface area contributed by atoms with Crippen LogP contribution in [0.15, 0.2) is 18.2 Å². The molecule has 0 atom stereocenters. The van der Waals surface area contributed by atoms with E-state index >= 15 is 0 Å². The summed E-state index contributed by atoms with van der Waals surface area (Å²) in [6.07, 6.45) is -0.180. The van der Waals surface area contributed by atoms with Crippen LogP contribution in [-0.2, 0) is 6.18 Å². The van der Waals surface area contributed by atoms with Crippen molar-refractivity contribution in [2.75, 3.05) is 11.9 Å². The van der Waals surface area contributed by atoms with Crippen LogP contribution in [0.25, 0.3) is 0 Å². The zero-order valence-electron chi connectivity index (χ0n) is 11.8. The molecule has 0 aliphatic heterocycles. The second-order valence-electron chi connectivity index (χ2n) is 5.93. The highest BCUT2D eigenvalue weighted by atomic mass is 19.4. The third kappa shape index (κ3) is 3.68. The topological polar surface area (TPSA) is 49.3 Å². The Morgan fingerprint density at radius 1 is 1.33 bits per heavy atom. The van der Waals surface area contributed by atoms with E-state index < -0.39 is 17.7 Å². The second-order valence-corrected chi connectivity index (χ2v) is 5.93. The SMILES string of the molecule is CC1(CNc2ccc(C(F)(F)F)cc2C(=O)O)CCCC1. The maximum Gasteiger partial charge on any atom is 0.416 e. The first-order chi connectivity index (χ1) is 9.71. The minimum atomic E-state index is -4.54. The zero-order valence-corrected chi connectivity index (χ0v) is 11.8. The number of alkyl halides is 3. The summed E-state index contributed by atoms with van der Waals surface area (Å²) < 4.78 is 37.9. The zero-order chi connectivity index (χ0) is 15.7. The normalized spacial score (nSPS) is 17.7. The molecule has 1 aromatic carbocycles. The van der Waals surface area contributed by atoms with E-state index in [2.05, 4.69) is 12.2 Å². The van der Waals surface area contributed by atoms with Crippen molar-refractivity contribution in [3.05, 3.63) is 29.3 Å². The van der Waals surface area contributed by atoms with Crippen LogP contribution in [0, 0.1) is 5.41 Å². The molecule has 0 bridgehead atoms. The van der Waals surface area contributed by atoms with Gasteiger partial charge in [0.15, 0.2) is 0 Å². The molecule has 116 valence electrons. The van der Waals surface area contributed by atoms with E-state index in [-0.39, 0.29) is 16.7 Å². The predicted molar refractivity (Wildman–Crippen MR) is 73.5 cm³/mol. The second kappa shape index (κ2) is 5.58. The molecule has 2 N–H and O–H groups in total. The standard InChI is InChI=1S/C15H18F3NO2/c1-14(6-2-3-7-14)9-19-12-5-4-10(15(16,17)18)8-11(12)13(20)21/h4-5,8,19H,2-3,6-7,9H2,1H3,(H,20,21). The van der Waals surface area contributed by atoms with Crippen molar-refractivity contribution in [1.29, 1.82) is 0 Å². The number of hydrogen-bond donors (Lipinski definition) is 2. The van der Waals surface area contributed by atoms with Gasteiger partial charge in [-0.25, -0.2) is 4.79 Å². The summed E-state index contributed by atoms with van der Waals surface area (Å²) >= 11 is 0. The third-order valence-corrected chi connectivity index (χ3v) is 4.09. The van der Waals surface area contributed by atoms with E-state index in [0.29, 0.717) is 12.6 Å². The first-order valence-corrected chi connectivity index (χ1v) is 6.90. The van der Waals surface area contributed by atoms with E-state index in [1.807, 2.05) is 0 Å². The third-order valence-electron chi connectivity index (χ3n) is 4.09. The number of anilines is 1. The molecule has 0 amide bonds. The first-order valence-electron chi connectivity index (χ1n) is 6.90. The molecule has 0 saturated heterocycles. The summed E-state index contributed by atoms with van der Waals surface area (Å²) in [6, 6.07) is 2.79. The Morgan fingerprint density at radius 2 is 1.95 bits per heavy atom. The average molecular weight is 301 g/mol. The van der Waals surface area contributed by atoms with Crippen molar-refractivity contribution in [1.82, 2.24) is 0 Å². The molecule has 0 spiro atoms. The highest BCUT2D eigenvalue weighted by Crippen LogP contribution is 2.38. The Balaban J connectivity index is 2.21. The minimum absolute atomic E-state index is 0.0818. The number of halogens is 3. The van der Waals surface area contributed by atoms with Crippen LogP contribution in [-0.4, -0.2) is 17.6 Å². The van der Waals surface area contributed by atoms with Gasteiger partial charge < -0.3 is 10.4 Å². The highest BCUT2D eigenvalue weighted by molar-refractivity contribution is 5.94. The maximum absolute atomic E-state index is 12.6. The molecule has 1 aliphatic rings. The summed E-state index contributed by atoms with van der Waals surface area (Å²) in [5, 5.41) is 12.1. The number of carboxylic acids is 1. The number of hydrogen-bond acceptors (Lipinski definition) is 2. The predicted octanol–water partition coefficient (Wildman–Crippen LogP) is 4.40. The van der Waals surface area contributed by atoms with Crippen LogP contribution in [0.4, 0.5) is 18.9 Å². The van der Waals surface area contributed by atoms with Gasteiger partial charge in [0, 0.05) is 12.2 Å². The Kier molecular flexibility index (Phi) is 4.16. The van der Waals surface area contributed by atoms with Gasteiger partial charge in [-0.3, -0.25) is 0 Å². The molecule has 1 aliphatic carbocycles. The molecule has 1 fully saturated rings. The van der Waals surface area contributed by atoms with Gasteiger partial charge in [-0.05, 0) is 36.5 Å². The smallest absolute Gasteiger partial charge is 0.416 e. The molecule has 3 nitrogen and oxygen atoms in total. The van der Waals surface area contributed by atoms with Gasteiger partial charge in [-0.2, -0.15) is 13.2 Å². The van der Waals surface area contributed by atoms with Gasteiger partial charge in [0.1, 0.15) is 0 Å². The Hall–Kier alpha value is -1.72. The van der Waals surface area contributed by atoms with Gasteiger partial charge in [0.25, 0.3) is 0 Å². The lowest BCUT2D eigenvalue weighted by atomic mass is 9.89. The van der Waals surface area contributed by atoms with Gasteiger partial charge in [-0.15, -0.1) is 0 Å². The fourth-order valence-electron chi connectivity index (χ4n) is 2.77. The lowest BCUT2D eigenvalue weighted by Gasteiger charge is -2.25. The van der Waals surface area contributed by atoms with Crippen molar-refractivity contribution in [3.63, 3.8) is 0 Å². The van der Waals surface area contributed by atoms with Crippen LogP contribution in [0.1, 0.15) is 48.5 Å². The number of carboxylic acid groups (broad SMARTS) is 1. The molecule has 0 aromatic heterocycles. The lowest BCUT2D eigenvalue weighted by molar-refractivity contribution is -0.137. The molecule has 2 rings (SSSR count). The molecule has 0 heterocycles. The van der Waals surface area contributed by atoms with E-state index in [4.69, 9.17) is 5.11 Å². The van der Waals surface area contributed by atoms with Gasteiger partial charge >= 0.3 is 12.1 Å². The summed E-state index contributed by atoms with van der Waals surface area (Å²) in [5.41, 5.74) is -0.967. The molecule has 0 radical (unpaired) electrons. The van der Waals surface area contributed by atoms with Crippen LogP contribution in [0.3, 0.4) is 0 Å². The Bertz CT molecular complexity index is 534. The molecule has 1 saturated carbocycles. The average Bonchev–Trinajstić information content (AvgIpc) is 2.82. The van der Waals surface area contributed by atoms with E-state index in [0.717, 1.165) is 31.7 Å². The largest absolute Gasteiger partial charge is 0.478 e. The molecule has 0 unspecified atom stereocenters. The Labute approximate surface area is 121 Å². The van der Waals surface area contributed by atoms with Crippen molar-refractivity contribution in [2.45, 2.75) is 38.8 Å². The van der Waals surface area contributed by atoms with Crippen molar-refractivity contribution in [2.24, 2.45) is 5.41 Å². The molecule has 21 heavy (non-hydrogen) atoms. The fourth-order valence-corrected chi connectivity index (χ4v) is 2.77. The summed E-state index contributed by atoms with van der Waals surface area (Å²) in [7, 11) is 0. The van der Waals surface area contributed by atoms with E-state index in [1.165, 1.54) is 6.07 Å². The fraction of sp³-hybridized carbons (Fsp3) is 0.533. The molecular weight excluding hydrogens is 283 g/mol. The van der Waals surface area contributed by atoms with Crippen LogP contribution in [0.5, 0.6) is 0 Å². The minimum Gasteiger partial charge on any atom is -0.478 e. The van der Waals surface area contributed by atoms with Crippen LogP contribution >= 0.6 is 0 Å². The maximum atomic E-state index is 12.6. The van der Waals surface area contributed by atoms with Crippen LogP contribution in [0.2, 0.25) is 0 Å². The van der Waals surface area contributed by atoms with Gasteiger partial charge in [0.2, 0.25) is 0 Å². The highest BCUT2D eigenvalue weighted by Gasteiger charge is 2.32. The number of nitrogens with one attached hydrogen (secondary N) is 1. The van der Waals surface area contributed by atoms with E-state index in [9.17, 15) is 18.0 Å². The number of aromatic carboxylic acids is 1. The quantitative estimate of drug-likeness (QED) is 0.866. The summed E-state index contributed by atoms with van der Waals surface area (Å²) in [4.78, 5) is 11.2.